The van der Waals surface area contributed by atoms with Crippen LogP contribution < -0.4 is 5.73 Å². The third-order valence-corrected chi connectivity index (χ3v) is 1.20. The van der Waals surface area contributed by atoms with E-state index in [1.165, 1.54) is 0 Å². The topological polar surface area (TPSA) is 56.0 Å². The molecule has 0 bridgehead atoms. The van der Waals surface area contributed by atoms with E-state index in [1.807, 2.05) is 0 Å². The highest BCUT2D eigenvalue weighted by Gasteiger charge is 1.86. The van der Waals surface area contributed by atoms with Crippen molar-refractivity contribution < 1.29 is 4.79 Å². The zero-order valence-electron chi connectivity index (χ0n) is 6.45. The maximum atomic E-state index is 9.91. The van der Waals surface area contributed by atoms with Gasteiger partial charge in [-0.15, -0.1) is 0 Å². The summed E-state index contributed by atoms with van der Waals surface area (Å²) in [6, 6.07) is 3.44. The zero-order chi connectivity index (χ0) is 8.81. The lowest BCUT2D eigenvalue weighted by Crippen LogP contribution is -1.88. The third kappa shape index (κ3) is 2.43. The van der Waals surface area contributed by atoms with Crippen molar-refractivity contribution >= 4 is 12.1 Å². The first-order valence-electron chi connectivity index (χ1n) is 3.47. The number of hydrogen-bond acceptors (Lipinski definition) is 3. The summed E-state index contributed by atoms with van der Waals surface area (Å²) in [6.07, 6.45) is 2.59. The fourth-order valence-electron chi connectivity index (χ4n) is 0.674. The van der Waals surface area contributed by atoms with Gasteiger partial charge in [-0.2, -0.15) is 0 Å². The number of nitrogens with zero attached hydrogens (tertiary/aromatic N) is 1. The summed E-state index contributed by atoms with van der Waals surface area (Å²) in [4.78, 5) is 13.8. The molecule has 0 unspecified atom stereocenters. The molecule has 1 heterocycles. The average molecular weight is 160 g/mol. The van der Waals surface area contributed by atoms with Crippen LogP contribution in [0.5, 0.6) is 0 Å². The van der Waals surface area contributed by atoms with Crippen molar-refractivity contribution in [2.75, 3.05) is 5.73 Å². The second-order valence-corrected chi connectivity index (χ2v) is 2.14. The van der Waals surface area contributed by atoms with Crippen molar-refractivity contribution in [3.63, 3.8) is 0 Å². The Morgan fingerprint density at radius 2 is 2.42 bits per heavy atom. The predicted molar refractivity (Wildman–Crippen MR) is 46.2 cm³/mol. The summed E-state index contributed by atoms with van der Waals surface area (Å²) in [5.74, 6) is 5.91. The molecule has 0 saturated carbocycles. The highest BCUT2D eigenvalue weighted by atomic mass is 16.1. The van der Waals surface area contributed by atoms with Crippen LogP contribution in [0.3, 0.4) is 0 Å². The summed E-state index contributed by atoms with van der Waals surface area (Å²) in [6.45, 7) is 0. The highest BCUT2D eigenvalue weighted by Crippen LogP contribution is 1.98. The quantitative estimate of drug-likeness (QED) is 0.483. The maximum Gasteiger partial charge on any atom is 0.131 e. The number of aldehydes is 1. The molecule has 0 spiro atoms. The zero-order valence-corrected chi connectivity index (χ0v) is 6.45. The second kappa shape index (κ2) is 4.14. The largest absolute Gasteiger partial charge is 0.384 e. The van der Waals surface area contributed by atoms with Gasteiger partial charge in [-0.05, 0) is 12.1 Å². The fourth-order valence-corrected chi connectivity index (χ4v) is 0.674. The minimum atomic E-state index is 0.254. The molecule has 0 radical (unpaired) electrons. The van der Waals surface area contributed by atoms with E-state index < -0.39 is 0 Å². The van der Waals surface area contributed by atoms with Gasteiger partial charge in [0.15, 0.2) is 0 Å². The first kappa shape index (κ1) is 8.28. The molecule has 3 heteroatoms. The van der Waals surface area contributed by atoms with E-state index in [4.69, 9.17) is 5.73 Å². The molecule has 60 valence electrons. The maximum absolute atomic E-state index is 9.91. The lowest BCUT2D eigenvalue weighted by atomic mass is 10.3. The Bertz CT molecular complexity index is 319. The first-order valence-corrected chi connectivity index (χ1v) is 3.47. The molecule has 1 rings (SSSR count). The number of nitrogens with two attached hydrogens (primary N) is 1. The lowest BCUT2D eigenvalue weighted by Gasteiger charge is -1.89. The fraction of sp³-hybridized carbons (Fsp3) is 0.111. The normalized spacial score (nSPS) is 8.33. The van der Waals surface area contributed by atoms with E-state index in [0.717, 1.165) is 11.8 Å². The SMILES string of the molecule is Nc1ccc(C#CCC=O)cn1. The molecule has 2 N–H and O–H groups in total. The smallest absolute Gasteiger partial charge is 0.131 e. The Labute approximate surface area is 70.6 Å². The van der Waals surface area contributed by atoms with Crippen molar-refractivity contribution in [2.45, 2.75) is 6.42 Å². The number of nitrogen functional groups attached to an aromatic ring is 1. The van der Waals surface area contributed by atoms with Gasteiger partial charge < -0.3 is 10.5 Å². The summed E-state index contributed by atoms with van der Waals surface area (Å²) >= 11 is 0. The van der Waals surface area contributed by atoms with Crippen LogP contribution in [0.15, 0.2) is 18.3 Å². The number of aromatic nitrogens is 1. The monoisotopic (exact) mass is 160 g/mol. The third-order valence-electron chi connectivity index (χ3n) is 1.20. The molecule has 0 fully saturated rings. The van der Waals surface area contributed by atoms with E-state index in [9.17, 15) is 4.79 Å². The average Bonchev–Trinajstić information content (AvgIpc) is 2.09. The van der Waals surface area contributed by atoms with Gasteiger partial charge in [-0.25, -0.2) is 4.98 Å². The Balaban J connectivity index is 2.72. The van der Waals surface area contributed by atoms with Crippen LogP contribution in [0.25, 0.3) is 0 Å². The molecule has 12 heavy (non-hydrogen) atoms. The van der Waals surface area contributed by atoms with E-state index in [1.54, 1.807) is 18.3 Å². The van der Waals surface area contributed by atoms with Gasteiger partial charge in [-0.3, -0.25) is 0 Å². The summed E-state index contributed by atoms with van der Waals surface area (Å²) in [5.41, 5.74) is 6.14. The standard InChI is InChI=1S/C9H8N2O/c10-9-5-4-8(7-11-9)3-1-2-6-12/h4-7H,2H2,(H2,10,11). The summed E-state index contributed by atoms with van der Waals surface area (Å²) in [7, 11) is 0. The minimum Gasteiger partial charge on any atom is -0.384 e. The predicted octanol–water partition coefficient (Wildman–Crippen LogP) is 0.604. The van der Waals surface area contributed by atoms with E-state index in [-0.39, 0.29) is 6.42 Å². The Hall–Kier alpha value is -1.82. The van der Waals surface area contributed by atoms with Gasteiger partial charge in [0.25, 0.3) is 0 Å². The molecule has 1 aromatic rings. The first-order chi connectivity index (χ1) is 5.83. The molecule has 0 aliphatic rings. The molecular weight excluding hydrogens is 152 g/mol. The van der Waals surface area contributed by atoms with Crippen LogP contribution in [0.4, 0.5) is 5.82 Å². The molecule has 0 aliphatic heterocycles. The number of pyridine rings is 1. The Morgan fingerprint density at radius 3 is 3.00 bits per heavy atom. The van der Waals surface area contributed by atoms with Crippen molar-refractivity contribution in [1.82, 2.24) is 4.98 Å². The van der Waals surface area contributed by atoms with Gasteiger partial charge in [0.05, 0.1) is 6.42 Å². The molecule has 0 atom stereocenters. The van der Waals surface area contributed by atoms with Crippen molar-refractivity contribution in [3.8, 4) is 11.8 Å². The van der Waals surface area contributed by atoms with Crippen molar-refractivity contribution in [3.05, 3.63) is 23.9 Å². The van der Waals surface area contributed by atoms with Gasteiger partial charge >= 0.3 is 0 Å². The highest BCUT2D eigenvalue weighted by molar-refractivity contribution is 5.54. The van der Waals surface area contributed by atoms with E-state index >= 15 is 0 Å². The minimum absolute atomic E-state index is 0.254. The summed E-state index contributed by atoms with van der Waals surface area (Å²) < 4.78 is 0. The van der Waals surface area contributed by atoms with Crippen LogP contribution >= 0.6 is 0 Å². The number of anilines is 1. The van der Waals surface area contributed by atoms with Gasteiger partial charge in [0, 0.05) is 11.8 Å². The van der Waals surface area contributed by atoms with Crippen LogP contribution in [0.1, 0.15) is 12.0 Å². The molecular formula is C9H8N2O. The molecule has 0 aliphatic carbocycles. The number of rotatable bonds is 1. The number of carbonyl (C=O) groups excluding carboxylic acids is 1. The van der Waals surface area contributed by atoms with Crippen LogP contribution in [-0.2, 0) is 4.79 Å². The number of hydrogen-bond donors (Lipinski definition) is 1. The van der Waals surface area contributed by atoms with Gasteiger partial charge in [0.1, 0.15) is 12.1 Å². The Morgan fingerprint density at radius 1 is 1.58 bits per heavy atom. The number of carbonyl (C=O) groups is 1. The molecule has 0 saturated heterocycles. The molecule has 1 aromatic heterocycles. The van der Waals surface area contributed by atoms with Crippen molar-refractivity contribution in [1.29, 1.82) is 0 Å². The van der Waals surface area contributed by atoms with Crippen LogP contribution in [-0.4, -0.2) is 11.3 Å². The molecule has 0 aromatic carbocycles. The summed E-state index contributed by atoms with van der Waals surface area (Å²) in [5, 5.41) is 0. The molecule has 0 amide bonds. The van der Waals surface area contributed by atoms with Crippen molar-refractivity contribution in [2.24, 2.45) is 0 Å². The van der Waals surface area contributed by atoms with E-state index in [2.05, 4.69) is 16.8 Å². The van der Waals surface area contributed by atoms with Crippen LogP contribution in [0, 0.1) is 11.8 Å². The van der Waals surface area contributed by atoms with Gasteiger partial charge in [0.2, 0.25) is 0 Å². The van der Waals surface area contributed by atoms with E-state index in [0.29, 0.717) is 5.82 Å². The Kier molecular flexibility index (Phi) is 2.86. The molecule has 3 nitrogen and oxygen atoms in total. The van der Waals surface area contributed by atoms with Crippen LogP contribution in [0.2, 0.25) is 0 Å². The second-order valence-electron chi connectivity index (χ2n) is 2.14. The lowest BCUT2D eigenvalue weighted by molar-refractivity contribution is -0.107. The van der Waals surface area contributed by atoms with Gasteiger partial charge in [-0.1, -0.05) is 11.8 Å².